The minimum absolute atomic E-state index is 0.630. The molecule has 0 bridgehead atoms. The lowest BCUT2D eigenvalue weighted by atomic mass is 10.4. The largest absolute Gasteiger partial charge is 0.352 e. The van der Waals surface area contributed by atoms with E-state index in [1.54, 1.807) is 24.8 Å². The zero-order chi connectivity index (χ0) is 11.4. The summed E-state index contributed by atoms with van der Waals surface area (Å²) in [6.45, 7) is 0.630. The summed E-state index contributed by atoms with van der Waals surface area (Å²) in [7, 11) is 1.92. The lowest BCUT2D eigenvalue weighted by Gasteiger charge is -2.18. The Morgan fingerprint density at radius 2 is 2.12 bits per heavy atom. The third kappa shape index (κ3) is 2.46. The third-order valence-electron chi connectivity index (χ3n) is 2.12. The molecular formula is C11H11ClN4. The second kappa shape index (κ2) is 4.90. The fourth-order valence-corrected chi connectivity index (χ4v) is 1.65. The number of aromatic nitrogens is 3. The maximum absolute atomic E-state index is 6.05. The monoisotopic (exact) mass is 234 g/mol. The molecule has 0 spiro atoms. The van der Waals surface area contributed by atoms with Gasteiger partial charge in [0.25, 0.3) is 0 Å². The summed E-state index contributed by atoms with van der Waals surface area (Å²) in [5.41, 5.74) is 0.881. The maximum Gasteiger partial charge on any atom is 0.147 e. The van der Waals surface area contributed by atoms with Crippen LogP contribution in [0.4, 0.5) is 5.82 Å². The fraction of sp³-hybridized carbons (Fsp3) is 0.182. The van der Waals surface area contributed by atoms with Crippen LogP contribution in [-0.2, 0) is 6.54 Å². The number of nitrogens with zero attached hydrogens (tertiary/aromatic N) is 4. The smallest absolute Gasteiger partial charge is 0.147 e. The Labute approximate surface area is 98.9 Å². The standard InChI is InChI=1S/C11H11ClN4/c1-16(8-9-7-13-5-6-14-9)11-10(12)3-2-4-15-11/h2-7H,8H2,1H3. The molecule has 2 rings (SSSR count). The molecule has 0 N–H and O–H groups in total. The highest BCUT2D eigenvalue weighted by atomic mass is 35.5. The van der Waals surface area contributed by atoms with E-state index in [4.69, 9.17) is 11.6 Å². The number of rotatable bonds is 3. The summed E-state index contributed by atoms with van der Waals surface area (Å²) in [6.07, 6.45) is 6.77. The summed E-state index contributed by atoms with van der Waals surface area (Å²) in [6, 6.07) is 3.62. The zero-order valence-electron chi connectivity index (χ0n) is 8.84. The summed E-state index contributed by atoms with van der Waals surface area (Å²) < 4.78 is 0. The lowest BCUT2D eigenvalue weighted by molar-refractivity contribution is 0.856. The van der Waals surface area contributed by atoms with Gasteiger partial charge in [0.15, 0.2) is 0 Å². The van der Waals surface area contributed by atoms with Crippen molar-refractivity contribution in [2.24, 2.45) is 0 Å². The Hall–Kier alpha value is -1.68. The zero-order valence-corrected chi connectivity index (χ0v) is 9.59. The number of hydrogen-bond donors (Lipinski definition) is 0. The molecule has 0 saturated heterocycles. The molecule has 0 amide bonds. The van der Waals surface area contributed by atoms with Crippen LogP contribution in [0.1, 0.15) is 5.69 Å². The first-order valence-corrected chi connectivity index (χ1v) is 5.21. The van der Waals surface area contributed by atoms with Gasteiger partial charge in [0.1, 0.15) is 5.82 Å². The van der Waals surface area contributed by atoms with E-state index in [1.807, 2.05) is 24.1 Å². The fourth-order valence-electron chi connectivity index (χ4n) is 1.39. The lowest BCUT2D eigenvalue weighted by Crippen LogP contribution is -2.18. The van der Waals surface area contributed by atoms with Gasteiger partial charge in [-0.15, -0.1) is 0 Å². The van der Waals surface area contributed by atoms with Crippen molar-refractivity contribution in [3.8, 4) is 0 Å². The second-order valence-electron chi connectivity index (χ2n) is 3.36. The van der Waals surface area contributed by atoms with Gasteiger partial charge in [-0.3, -0.25) is 9.97 Å². The Bertz CT molecular complexity index is 461. The van der Waals surface area contributed by atoms with Crippen LogP contribution in [0.25, 0.3) is 0 Å². The van der Waals surface area contributed by atoms with Crippen molar-refractivity contribution < 1.29 is 0 Å². The van der Waals surface area contributed by atoms with Crippen LogP contribution in [0.3, 0.4) is 0 Å². The van der Waals surface area contributed by atoms with Gasteiger partial charge in [-0.2, -0.15) is 0 Å². The predicted molar refractivity (Wildman–Crippen MR) is 63.4 cm³/mol. The van der Waals surface area contributed by atoms with Gasteiger partial charge < -0.3 is 4.90 Å². The van der Waals surface area contributed by atoms with Crippen molar-refractivity contribution >= 4 is 17.4 Å². The molecule has 16 heavy (non-hydrogen) atoms. The first-order valence-electron chi connectivity index (χ1n) is 4.84. The van der Waals surface area contributed by atoms with Crippen molar-refractivity contribution in [1.29, 1.82) is 0 Å². The molecule has 0 aliphatic rings. The molecule has 0 unspecified atom stereocenters. The maximum atomic E-state index is 6.05. The van der Waals surface area contributed by atoms with Crippen LogP contribution < -0.4 is 4.90 Å². The van der Waals surface area contributed by atoms with Crippen LogP contribution in [0, 0.1) is 0 Å². The topological polar surface area (TPSA) is 41.9 Å². The molecule has 0 aromatic carbocycles. The van der Waals surface area contributed by atoms with Crippen molar-refractivity contribution in [3.63, 3.8) is 0 Å². The summed E-state index contributed by atoms with van der Waals surface area (Å²) in [5, 5.41) is 0.633. The van der Waals surface area contributed by atoms with Crippen molar-refractivity contribution in [2.45, 2.75) is 6.54 Å². The molecule has 2 aromatic rings. The van der Waals surface area contributed by atoms with Crippen LogP contribution >= 0.6 is 11.6 Å². The Morgan fingerprint density at radius 3 is 2.81 bits per heavy atom. The van der Waals surface area contributed by atoms with Gasteiger partial charge in [-0.05, 0) is 12.1 Å². The van der Waals surface area contributed by atoms with E-state index in [-0.39, 0.29) is 0 Å². The van der Waals surface area contributed by atoms with Gasteiger partial charge in [0.2, 0.25) is 0 Å². The van der Waals surface area contributed by atoms with Gasteiger partial charge in [0, 0.05) is 25.6 Å². The van der Waals surface area contributed by atoms with Gasteiger partial charge in [-0.25, -0.2) is 4.98 Å². The van der Waals surface area contributed by atoms with E-state index in [0.29, 0.717) is 11.6 Å². The number of pyridine rings is 1. The first-order chi connectivity index (χ1) is 7.77. The van der Waals surface area contributed by atoms with Crippen molar-refractivity contribution in [1.82, 2.24) is 15.0 Å². The van der Waals surface area contributed by atoms with Gasteiger partial charge in [0.05, 0.1) is 23.5 Å². The molecule has 0 aliphatic carbocycles. The molecule has 4 nitrogen and oxygen atoms in total. The number of anilines is 1. The molecule has 82 valence electrons. The molecule has 5 heteroatoms. The first kappa shape index (κ1) is 10.8. The molecule has 2 heterocycles. The highest BCUT2D eigenvalue weighted by Gasteiger charge is 2.07. The highest BCUT2D eigenvalue weighted by molar-refractivity contribution is 6.32. The van der Waals surface area contributed by atoms with Crippen LogP contribution in [-0.4, -0.2) is 22.0 Å². The third-order valence-corrected chi connectivity index (χ3v) is 2.41. The van der Waals surface area contributed by atoms with Crippen LogP contribution in [0.5, 0.6) is 0 Å². The average Bonchev–Trinajstić information content (AvgIpc) is 2.31. The normalized spacial score (nSPS) is 10.1. The highest BCUT2D eigenvalue weighted by Crippen LogP contribution is 2.21. The summed E-state index contributed by atoms with van der Waals surface area (Å²) >= 11 is 6.05. The minimum atomic E-state index is 0.630. The van der Waals surface area contributed by atoms with E-state index in [9.17, 15) is 0 Å². The van der Waals surface area contributed by atoms with E-state index >= 15 is 0 Å². The quantitative estimate of drug-likeness (QED) is 0.816. The van der Waals surface area contributed by atoms with Gasteiger partial charge >= 0.3 is 0 Å². The minimum Gasteiger partial charge on any atom is -0.352 e. The average molecular weight is 235 g/mol. The summed E-state index contributed by atoms with van der Waals surface area (Å²) in [4.78, 5) is 14.4. The molecule has 0 radical (unpaired) electrons. The summed E-state index contributed by atoms with van der Waals surface area (Å²) in [5.74, 6) is 0.745. The van der Waals surface area contributed by atoms with Gasteiger partial charge in [-0.1, -0.05) is 11.6 Å². The molecule has 0 aliphatic heterocycles. The SMILES string of the molecule is CN(Cc1cnccn1)c1ncccc1Cl. The number of hydrogen-bond acceptors (Lipinski definition) is 4. The van der Waals surface area contributed by atoms with Crippen LogP contribution in [0.2, 0.25) is 5.02 Å². The van der Waals surface area contributed by atoms with E-state index < -0.39 is 0 Å². The molecule has 0 saturated carbocycles. The molecule has 0 fully saturated rings. The molecule has 2 aromatic heterocycles. The Kier molecular flexibility index (Phi) is 3.31. The van der Waals surface area contributed by atoms with Crippen LogP contribution in [0.15, 0.2) is 36.9 Å². The second-order valence-corrected chi connectivity index (χ2v) is 3.77. The van der Waals surface area contributed by atoms with Crippen molar-refractivity contribution in [2.75, 3.05) is 11.9 Å². The molecule has 0 atom stereocenters. The van der Waals surface area contributed by atoms with E-state index in [0.717, 1.165) is 11.5 Å². The Morgan fingerprint density at radius 1 is 1.25 bits per heavy atom. The Balaban J connectivity index is 2.15. The number of halogens is 1. The van der Waals surface area contributed by atoms with E-state index in [2.05, 4.69) is 15.0 Å². The van der Waals surface area contributed by atoms with Crippen molar-refractivity contribution in [3.05, 3.63) is 47.6 Å². The molecular weight excluding hydrogens is 224 g/mol. The van der Waals surface area contributed by atoms with E-state index in [1.165, 1.54) is 0 Å². The predicted octanol–water partition coefficient (Wildman–Crippen LogP) is 2.16.